The molecule has 1 aromatic rings. The number of piperazine rings is 1. The summed E-state index contributed by atoms with van der Waals surface area (Å²) >= 11 is 0. The molecule has 4 amide bonds. The molecule has 0 bridgehead atoms. The Bertz CT molecular complexity index is 697. The second-order valence-corrected chi connectivity index (χ2v) is 7.25. The highest BCUT2D eigenvalue weighted by Crippen LogP contribution is 2.39. The van der Waals surface area contributed by atoms with Gasteiger partial charge in [0.25, 0.3) is 0 Å². The molecule has 0 spiro atoms. The normalized spacial score (nSPS) is 20.9. The molecule has 7 heteroatoms. The third-order valence-electron chi connectivity index (χ3n) is 5.14. The number of benzene rings is 1. The summed E-state index contributed by atoms with van der Waals surface area (Å²) in [6.07, 6.45) is 2.60. The van der Waals surface area contributed by atoms with Gasteiger partial charge in [-0.25, -0.2) is 4.79 Å². The molecule has 140 valence electrons. The quantitative estimate of drug-likeness (QED) is 0.724. The Hall–Kier alpha value is -2.57. The molecule has 1 heterocycles. The molecule has 2 fully saturated rings. The standard InChI is InChI=1S/C19H26N4O3/c1-13-3-5-14(6-4-13)12-19(7-8-19)22-18(26)23-10-9-21-17(25)15(23)11-16(24)20-2/h3-6,15H,7-12H2,1-2H3,(H,20,24)(H,21,25)(H,22,26). The van der Waals surface area contributed by atoms with Crippen LogP contribution >= 0.6 is 0 Å². The number of nitrogens with one attached hydrogen (secondary N) is 3. The van der Waals surface area contributed by atoms with Gasteiger partial charge in [-0.2, -0.15) is 0 Å². The zero-order chi connectivity index (χ0) is 18.7. The van der Waals surface area contributed by atoms with Crippen LogP contribution in [0.15, 0.2) is 24.3 Å². The lowest BCUT2D eigenvalue weighted by Gasteiger charge is -2.35. The lowest BCUT2D eigenvalue weighted by molar-refractivity contribution is -0.132. The van der Waals surface area contributed by atoms with E-state index in [1.54, 1.807) is 0 Å². The maximum atomic E-state index is 12.8. The van der Waals surface area contributed by atoms with Crippen molar-refractivity contribution in [3.63, 3.8) is 0 Å². The maximum Gasteiger partial charge on any atom is 0.318 e. The molecular weight excluding hydrogens is 332 g/mol. The monoisotopic (exact) mass is 358 g/mol. The smallest absolute Gasteiger partial charge is 0.318 e. The van der Waals surface area contributed by atoms with Crippen LogP contribution < -0.4 is 16.0 Å². The number of aryl methyl sites for hydroxylation is 1. The van der Waals surface area contributed by atoms with Gasteiger partial charge in [-0.3, -0.25) is 9.59 Å². The van der Waals surface area contributed by atoms with Crippen LogP contribution in [0.25, 0.3) is 0 Å². The average Bonchev–Trinajstić information content (AvgIpc) is 3.37. The molecule has 7 nitrogen and oxygen atoms in total. The lowest BCUT2D eigenvalue weighted by atomic mass is 10.0. The first-order valence-corrected chi connectivity index (χ1v) is 9.05. The van der Waals surface area contributed by atoms with E-state index in [1.807, 2.05) is 6.92 Å². The van der Waals surface area contributed by atoms with Crippen LogP contribution in [0.3, 0.4) is 0 Å². The van der Waals surface area contributed by atoms with Crippen molar-refractivity contribution < 1.29 is 14.4 Å². The van der Waals surface area contributed by atoms with Crippen LogP contribution in [0.4, 0.5) is 4.79 Å². The molecule has 1 aliphatic heterocycles. The summed E-state index contributed by atoms with van der Waals surface area (Å²) in [5.41, 5.74) is 2.16. The minimum atomic E-state index is -0.765. The Labute approximate surface area is 153 Å². The first-order valence-electron chi connectivity index (χ1n) is 9.05. The van der Waals surface area contributed by atoms with E-state index in [9.17, 15) is 14.4 Å². The molecule has 1 aromatic carbocycles. The zero-order valence-electron chi connectivity index (χ0n) is 15.3. The van der Waals surface area contributed by atoms with E-state index in [-0.39, 0.29) is 29.8 Å². The topological polar surface area (TPSA) is 90.5 Å². The maximum absolute atomic E-state index is 12.8. The number of urea groups is 1. The summed E-state index contributed by atoms with van der Waals surface area (Å²) in [6, 6.07) is 7.29. The van der Waals surface area contributed by atoms with Gasteiger partial charge in [0.2, 0.25) is 11.8 Å². The Balaban J connectivity index is 1.66. The fourth-order valence-corrected chi connectivity index (χ4v) is 3.33. The highest BCUT2D eigenvalue weighted by Gasteiger charge is 2.46. The van der Waals surface area contributed by atoms with Gasteiger partial charge >= 0.3 is 6.03 Å². The lowest BCUT2D eigenvalue weighted by Crippen LogP contribution is -2.61. The van der Waals surface area contributed by atoms with Gasteiger partial charge in [-0.1, -0.05) is 29.8 Å². The number of rotatable bonds is 5. The van der Waals surface area contributed by atoms with Crippen molar-refractivity contribution in [3.05, 3.63) is 35.4 Å². The molecule has 1 saturated heterocycles. The molecule has 1 aliphatic carbocycles. The van der Waals surface area contributed by atoms with E-state index in [4.69, 9.17) is 0 Å². The van der Waals surface area contributed by atoms with Crippen LogP contribution in [-0.4, -0.2) is 54.5 Å². The van der Waals surface area contributed by atoms with Crippen molar-refractivity contribution in [1.29, 1.82) is 0 Å². The van der Waals surface area contributed by atoms with Crippen LogP contribution in [0.5, 0.6) is 0 Å². The van der Waals surface area contributed by atoms with Crippen LogP contribution in [0, 0.1) is 6.92 Å². The zero-order valence-corrected chi connectivity index (χ0v) is 15.3. The molecule has 3 rings (SSSR count). The minimum absolute atomic E-state index is 0.0271. The van der Waals surface area contributed by atoms with Crippen LogP contribution in [-0.2, 0) is 16.0 Å². The van der Waals surface area contributed by atoms with Crippen molar-refractivity contribution in [2.45, 2.75) is 44.2 Å². The van der Waals surface area contributed by atoms with E-state index < -0.39 is 6.04 Å². The average molecular weight is 358 g/mol. The van der Waals surface area contributed by atoms with Gasteiger partial charge in [-0.05, 0) is 31.7 Å². The molecule has 26 heavy (non-hydrogen) atoms. The first kappa shape index (κ1) is 18.2. The van der Waals surface area contributed by atoms with E-state index in [2.05, 4.69) is 40.2 Å². The summed E-state index contributed by atoms with van der Waals surface area (Å²) in [4.78, 5) is 38.2. The largest absolute Gasteiger partial charge is 0.359 e. The van der Waals surface area contributed by atoms with E-state index >= 15 is 0 Å². The summed E-state index contributed by atoms with van der Waals surface area (Å²) in [7, 11) is 1.52. The number of carbonyl (C=O) groups is 3. The molecule has 3 N–H and O–H groups in total. The highest BCUT2D eigenvalue weighted by atomic mass is 16.2. The molecule has 1 atom stereocenters. The van der Waals surface area contributed by atoms with Crippen molar-refractivity contribution in [1.82, 2.24) is 20.9 Å². The molecule has 1 unspecified atom stereocenters. The Morgan fingerprint density at radius 2 is 1.96 bits per heavy atom. The van der Waals surface area contributed by atoms with Gasteiger partial charge in [0, 0.05) is 25.7 Å². The van der Waals surface area contributed by atoms with Crippen LogP contribution in [0.1, 0.15) is 30.4 Å². The summed E-state index contributed by atoms with van der Waals surface area (Å²) < 4.78 is 0. The molecule has 0 aromatic heterocycles. The molecule has 1 saturated carbocycles. The molecule has 0 radical (unpaired) electrons. The van der Waals surface area contributed by atoms with Crippen LogP contribution in [0.2, 0.25) is 0 Å². The Morgan fingerprint density at radius 1 is 1.27 bits per heavy atom. The fraction of sp³-hybridized carbons (Fsp3) is 0.526. The number of hydrogen-bond donors (Lipinski definition) is 3. The summed E-state index contributed by atoms with van der Waals surface area (Å²) in [5, 5.41) is 8.36. The van der Waals surface area contributed by atoms with Gasteiger partial charge in [-0.15, -0.1) is 0 Å². The SMILES string of the molecule is CNC(=O)CC1C(=O)NCCN1C(=O)NC1(Cc2ccc(C)cc2)CC1. The Kier molecular flexibility index (Phi) is 5.15. The van der Waals surface area contributed by atoms with Crippen molar-refractivity contribution in [2.24, 2.45) is 0 Å². The predicted molar refractivity (Wildman–Crippen MR) is 97.6 cm³/mol. The first-order chi connectivity index (χ1) is 12.4. The second kappa shape index (κ2) is 7.35. The van der Waals surface area contributed by atoms with E-state index in [1.165, 1.54) is 23.1 Å². The summed E-state index contributed by atoms with van der Waals surface area (Å²) in [6.45, 7) is 2.85. The number of hydrogen-bond acceptors (Lipinski definition) is 3. The summed E-state index contributed by atoms with van der Waals surface area (Å²) in [5.74, 6) is -0.538. The van der Waals surface area contributed by atoms with Gasteiger partial charge in [0.15, 0.2) is 0 Å². The fourth-order valence-electron chi connectivity index (χ4n) is 3.33. The van der Waals surface area contributed by atoms with Gasteiger partial charge in [0.1, 0.15) is 6.04 Å². The van der Waals surface area contributed by atoms with Gasteiger partial charge in [0.05, 0.1) is 6.42 Å². The van der Waals surface area contributed by atoms with Gasteiger partial charge < -0.3 is 20.9 Å². The van der Waals surface area contributed by atoms with Crippen molar-refractivity contribution in [3.8, 4) is 0 Å². The molecular formula is C19H26N4O3. The highest BCUT2D eigenvalue weighted by molar-refractivity contribution is 5.92. The second-order valence-electron chi connectivity index (χ2n) is 7.25. The van der Waals surface area contributed by atoms with Crippen molar-refractivity contribution >= 4 is 17.8 Å². The minimum Gasteiger partial charge on any atom is -0.359 e. The van der Waals surface area contributed by atoms with E-state index in [0.29, 0.717) is 13.1 Å². The molecule has 2 aliphatic rings. The number of nitrogens with zero attached hydrogens (tertiary/aromatic N) is 1. The third-order valence-corrected chi connectivity index (χ3v) is 5.14. The number of carbonyl (C=O) groups excluding carboxylic acids is 3. The number of amides is 4. The Morgan fingerprint density at radius 3 is 2.58 bits per heavy atom. The predicted octanol–water partition coefficient (Wildman–Crippen LogP) is 0.716. The van der Waals surface area contributed by atoms with E-state index in [0.717, 1.165) is 19.3 Å². The van der Waals surface area contributed by atoms with Crippen molar-refractivity contribution in [2.75, 3.05) is 20.1 Å². The third kappa shape index (κ3) is 4.15.